The summed E-state index contributed by atoms with van der Waals surface area (Å²) in [5.41, 5.74) is 5.84. The van der Waals surface area contributed by atoms with Crippen LogP contribution in [0, 0.1) is 0 Å². The highest BCUT2D eigenvalue weighted by atomic mass is 32.2. The van der Waals surface area contributed by atoms with E-state index in [9.17, 15) is 0 Å². The molecule has 0 aliphatic rings. The van der Waals surface area contributed by atoms with E-state index in [2.05, 4.69) is 29.0 Å². The van der Waals surface area contributed by atoms with Crippen molar-refractivity contribution >= 4 is 29.3 Å². The molecule has 5 heteroatoms. The Labute approximate surface area is 122 Å². The predicted molar refractivity (Wildman–Crippen MR) is 82.6 cm³/mol. The molecule has 0 saturated carbocycles. The van der Waals surface area contributed by atoms with Crippen molar-refractivity contribution in [2.45, 2.75) is 34.8 Å². The topological polar surface area (TPSA) is 51.8 Å². The van der Waals surface area contributed by atoms with Crippen LogP contribution in [0.25, 0.3) is 0 Å². The van der Waals surface area contributed by atoms with Crippen LogP contribution in [-0.4, -0.2) is 15.7 Å². The van der Waals surface area contributed by atoms with Gasteiger partial charge in [-0.25, -0.2) is 9.97 Å². The van der Waals surface area contributed by atoms with E-state index in [0.717, 1.165) is 20.8 Å². The number of aromatic nitrogens is 2. The molecule has 0 aliphatic heterocycles. The quantitative estimate of drug-likeness (QED) is 0.376. The number of rotatable bonds is 6. The van der Waals surface area contributed by atoms with Crippen LogP contribution < -0.4 is 5.73 Å². The Morgan fingerprint density at radius 3 is 2.68 bits per heavy atom. The third-order valence-electron chi connectivity index (χ3n) is 2.40. The highest BCUT2D eigenvalue weighted by molar-refractivity contribution is 7.99. The molecule has 1 aromatic heterocycles. The molecule has 2 rings (SSSR count). The summed E-state index contributed by atoms with van der Waals surface area (Å²) in [4.78, 5) is 9.96. The van der Waals surface area contributed by atoms with Gasteiger partial charge in [0.25, 0.3) is 0 Å². The van der Waals surface area contributed by atoms with Gasteiger partial charge in [-0.2, -0.15) is 0 Å². The lowest BCUT2D eigenvalue weighted by atomic mass is 10.4. The number of hydrogen-bond donors (Lipinski definition) is 1. The highest BCUT2D eigenvalue weighted by Gasteiger charge is 2.05. The number of nitrogens with two attached hydrogens (primary N) is 1. The molecule has 0 aliphatic carbocycles. The molecule has 100 valence electrons. The van der Waals surface area contributed by atoms with Crippen molar-refractivity contribution in [3.8, 4) is 0 Å². The number of anilines is 1. The third kappa shape index (κ3) is 4.76. The number of benzene rings is 1. The van der Waals surface area contributed by atoms with Crippen LogP contribution in [0.4, 0.5) is 5.82 Å². The van der Waals surface area contributed by atoms with Gasteiger partial charge in [0.2, 0.25) is 0 Å². The Hall–Kier alpha value is -1.20. The zero-order chi connectivity index (χ0) is 13.5. The van der Waals surface area contributed by atoms with Crippen molar-refractivity contribution in [1.29, 1.82) is 0 Å². The van der Waals surface area contributed by atoms with Gasteiger partial charge in [0.15, 0.2) is 5.16 Å². The Balaban J connectivity index is 2.08. The summed E-state index contributed by atoms with van der Waals surface area (Å²) in [6.45, 7) is 2.18. The molecule has 0 amide bonds. The van der Waals surface area contributed by atoms with E-state index >= 15 is 0 Å². The summed E-state index contributed by atoms with van der Waals surface area (Å²) in [5, 5.41) is 1.67. The maximum absolute atomic E-state index is 5.84. The van der Waals surface area contributed by atoms with Crippen LogP contribution in [0.15, 0.2) is 51.5 Å². The summed E-state index contributed by atoms with van der Waals surface area (Å²) in [6.07, 6.45) is 2.35. The molecule has 2 aromatic rings. The molecule has 0 unspecified atom stereocenters. The van der Waals surface area contributed by atoms with Gasteiger partial charge in [-0.05, 0) is 18.6 Å². The number of nitrogen functional groups attached to an aromatic ring is 1. The summed E-state index contributed by atoms with van der Waals surface area (Å²) >= 11 is 3.28. The van der Waals surface area contributed by atoms with Gasteiger partial charge < -0.3 is 5.73 Å². The number of hydrogen-bond acceptors (Lipinski definition) is 5. The molecular weight excluding hydrogens is 274 g/mol. The maximum atomic E-state index is 5.84. The molecule has 19 heavy (non-hydrogen) atoms. The van der Waals surface area contributed by atoms with Gasteiger partial charge >= 0.3 is 0 Å². The Morgan fingerprint density at radius 2 is 1.95 bits per heavy atom. The fourth-order valence-electron chi connectivity index (χ4n) is 1.45. The fraction of sp³-hybridized carbons (Fsp3) is 0.286. The van der Waals surface area contributed by atoms with Crippen molar-refractivity contribution in [2.24, 2.45) is 0 Å². The standard InChI is InChI=1S/C14H17N3S2/c1-2-3-9-18-14-16-12(15)10-13(17-14)19-11-7-5-4-6-8-11/h4-8,10H,2-3,9H2,1H3,(H2,15,16,17). The van der Waals surface area contributed by atoms with Crippen molar-refractivity contribution in [2.75, 3.05) is 11.5 Å². The summed E-state index contributed by atoms with van der Waals surface area (Å²) in [6, 6.07) is 12.0. The van der Waals surface area contributed by atoms with E-state index in [1.807, 2.05) is 24.3 Å². The molecule has 0 fully saturated rings. The summed E-state index contributed by atoms with van der Waals surface area (Å²) in [5.74, 6) is 1.57. The Morgan fingerprint density at radius 1 is 1.16 bits per heavy atom. The minimum atomic E-state index is 0.535. The summed E-state index contributed by atoms with van der Waals surface area (Å²) in [7, 11) is 0. The molecule has 1 heterocycles. The molecule has 0 spiro atoms. The molecule has 0 atom stereocenters. The van der Waals surface area contributed by atoms with E-state index in [1.54, 1.807) is 23.5 Å². The average Bonchev–Trinajstić information content (AvgIpc) is 2.39. The van der Waals surface area contributed by atoms with Gasteiger partial charge in [-0.15, -0.1) is 0 Å². The van der Waals surface area contributed by atoms with Crippen LogP contribution >= 0.6 is 23.5 Å². The lowest BCUT2D eigenvalue weighted by molar-refractivity contribution is 0.874. The molecule has 0 saturated heterocycles. The molecule has 1 aromatic carbocycles. The zero-order valence-electron chi connectivity index (χ0n) is 10.9. The fourth-order valence-corrected chi connectivity index (χ4v) is 3.31. The number of thioether (sulfide) groups is 1. The molecular formula is C14H17N3S2. The first kappa shape index (κ1) is 14.2. The largest absolute Gasteiger partial charge is 0.384 e. The molecule has 3 nitrogen and oxygen atoms in total. The molecule has 2 N–H and O–H groups in total. The Bertz CT molecular complexity index is 517. The third-order valence-corrected chi connectivity index (χ3v) is 4.26. The van der Waals surface area contributed by atoms with Crippen molar-refractivity contribution < 1.29 is 0 Å². The van der Waals surface area contributed by atoms with Gasteiger partial charge in [0.05, 0.1) is 0 Å². The minimum Gasteiger partial charge on any atom is -0.384 e. The second-order valence-corrected chi connectivity index (χ2v) is 6.19. The predicted octanol–water partition coefficient (Wildman–Crippen LogP) is 4.10. The first-order chi connectivity index (χ1) is 9.28. The summed E-state index contributed by atoms with van der Waals surface area (Å²) < 4.78 is 0. The van der Waals surface area contributed by atoms with Crippen LogP contribution in [0.2, 0.25) is 0 Å². The van der Waals surface area contributed by atoms with Crippen molar-refractivity contribution in [3.05, 3.63) is 36.4 Å². The van der Waals surface area contributed by atoms with Crippen LogP contribution in [0.1, 0.15) is 19.8 Å². The van der Waals surface area contributed by atoms with Crippen LogP contribution in [-0.2, 0) is 0 Å². The average molecular weight is 291 g/mol. The SMILES string of the molecule is CCCCSc1nc(N)cc(Sc2ccccc2)n1. The van der Waals surface area contributed by atoms with Gasteiger partial charge in [-0.1, -0.05) is 55.1 Å². The van der Waals surface area contributed by atoms with Crippen LogP contribution in [0.3, 0.4) is 0 Å². The lowest BCUT2D eigenvalue weighted by Gasteiger charge is -2.05. The highest BCUT2D eigenvalue weighted by Crippen LogP contribution is 2.28. The van der Waals surface area contributed by atoms with Gasteiger partial charge in [0.1, 0.15) is 10.8 Å². The lowest BCUT2D eigenvalue weighted by Crippen LogP contribution is -1.96. The zero-order valence-corrected chi connectivity index (χ0v) is 12.5. The first-order valence-corrected chi connectivity index (χ1v) is 8.08. The van der Waals surface area contributed by atoms with Crippen LogP contribution in [0.5, 0.6) is 0 Å². The van der Waals surface area contributed by atoms with Gasteiger partial charge in [0, 0.05) is 16.7 Å². The normalized spacial score (nSPS) is 10.6. The number of unbranched alkanes of at least 4 members (excludes halogenated alkanes) is 1. The second-order valence-electron chi connectivity index (χ2n) is 4.03. The monoisotopic (exact) mass is 291 g/mol. The van der Waals surface area contributed by atoms with E-state index < -0.39 is 0 Å². The molecule has 0 bridgehead atoms. The maximum Gasteiger partial charge on any atom is 0.190 e. The number of nitrogens with zero attached hydrogens (tertiary/aromatic N) is 2. The van der Waals surface area contributed by atoms with Crippen molar-refractivity contribution in [1.82, 2.24) is 9.97 Å². The Kier molecular flexibility index (Phi) is 5.54. The second kappa shape index (κ2) is 7.40. The smallest absolute Gasteiger partial charge is 0.190 e. The van der Waals surface area contributed by atoms with E-state index in [1.165, 1.54) is 12.8 Å². The first-order valence-electron chi connectivity index (χ1n) is 6.28. The minimum absolute atomic E-state index is 0.535. The van der Waals surface area contributed by atoms with Crippen molar-refractivity contribution in [3.63, 3.8) is 0 Å². The van der Waals surface area contributed by atoms with E-state index in [0.29, 0.717) is 5.82 Å². The molecule has 0 radical (unpaired) electrons. The van der Waals surface area contributed by atoms with Gasteiger partial charge in [-0.3, -0.25) is 0 Å². The van der Waals surface area contributed by atoms with E-state index in [-0.39, 0.29) is 0 Å². The van der Waals surface area contributed by atoms with E-state index in [4.69, 9.17) is 5.73 Å².